The molecule has 0 radical (unpaired) electrons. The molecule has 6 rings (SSSR count). The topological polar surface area (TPSA) is 67.9 Å². The van der Waals surface area contributed by atoms with E-state index >= 15 is 0 Å². The van der Waals surface area contributed by atoms with Crippen molar-refractivity contribution in [2.24, 2.45) is 34.5 Å². The number of fused-ring (bicyclic) bond motifs is 5. The second kappa shape index (κ2) is 14.9. The molecule has 5 unspecified atom stereocenters. The van der Waals surface area contributed by atoms with Gasteiger partial charge in [-0.15, -0.1) is 26.3 Å². The Morgan fingerprint density at radius 3 is 1.96 bits per heavy atom. The van der Waals surface area contributed by atoms with E-state index in [1.54, 1.807) is 0 Å². The van der Waals surface area contributed by atoms with Gasteiger partial charge in [0.25, 0.3) is 0 Å². The van der Waals surface area contributed by atoms with Crippen LogP contribution in [-0.2, 0) is 9.59 Å². The minimum atomic E-state index is -4.88. The van der Waals surface area contributed by atoms with Gasteiger partial charge in [-0.2, -0.15) is 0 Å². The molecule has 1 amide bonds. The zero-order chi connectivity index (χ0) is 37.5. The van der Waals surface area contributed by atoms with E-state index in [9.17, 15) is 35.9 Å². The second-order valence-electron chi connectivity index (χ2n) is 16.0. The third kappa shape index (κ3) is 8.11. The molecule has 3 saturated carbocycles. The van der Waals surface area contributed by atoms with E-state index in [0.717, 1.165) is 75.9 Å². The molecular formula is C40H50F6N2O4. The predicted octanol–water partition coefficient (Wildman–Crippen LogP) is 9.77. The van der Waals surface area contributed by atoms with Crippen molar-refractivity contribution in [1.82, 2.24) is 10.2 Å². The van der Waals surface area contributed by atoms with E-state index in [4.69, 9.17) is 0 Å². The van der Waals surface area contributed by atoms with Crippen molar-refractivity contribution < 1.29 is 45.4 Å². The summed E-state index contributed by atoms with van der Waals surface area (Å²) in [5.74, 6) is 0.184. The molecule has 1 heterocycles. The first-order chi connectivity index (χ1) is 24.5. The monoisotopic (exact) mass is 736 g/mol. The van der Waals surface area contributed by atoms with Gasteiger partial charge >= 0.3 is 12.7 Å². The molecule has 286 valence electrons. The second-order valence-corrected chi connectivity index (χ2v) is 16.0. The van der Waals surface area contributed by atoms with Gasteiger partial charge in [0.15, 0.2) is 0 Å². The Bertz CT molecular complexity index is 1500. The van der Waals surface area contributed by atoms with Crippen LogP contribution in [0.4, 0.5) is 26.3 Å². The van der Waals surface area contributed by atoms with Gasteiger partial charge in [0, 0.05) is 31.3 Å². The van der Waals surface area contributed by atoms with Crippen molar-refractivity contribution in [2.75, 3.05) is 13.1 Å². The third-order valence-corrected chi connectivity index (χ3v) is 13.1. The molecule has 4 aliphatic rings. The highest BCUT2D eigenvalue weighted by Crippen LogP contribution is 2.65. The van der Waals surface area contributed by atoms with Crippen LogP contribution < -0.4 is 14.8 Å². The number of hydrogen-bond donors (Lipinski definition) is 1. The van der Waals surface area contributed by atoms with E-state index < -0.39 is 30.3 Å². The quantitative estimate of drug-likeness (QED) is 0.184. The number of Topliss-reactive ketones (excluding diaryl/α,β-unsaturated/α-hetero) is 1. The Labute approximate surface area is 302 Å². The lowest BCUT2D eigenvalue weighted by Crippen LogP contribution is -2.64. The number of alkyl halides is 6. The number of hydrogen-bond acceptors (Lipinski definition) is 5. The summed E-state index contributed by atoms with van der Waals surface area (Å²) in [6.45, 7) is 8.75. The zero-order valence-corrected chi connectivity index (χ0v) is 30.1. The number of carbonyl (C=O) groups excluding carboxylic acids is 2. The molecular weight excluding hydrogens is 686 g/mol. The number of amides is 1. The van der Waals surface area contributed by atoms with Crippen LogP contribution in [0.1, 0.15) is 109 Å². The maximum absolute atomic E-state index is 14.4. The molecule has 0 spiro atoms. The van der Waals surface area contributed by atoms with Gasteiger partial charge in [-0.3, -0.25) is 14.5 Å². The molecule has 2 aromatic rings. The van der Waals surface area contributed by atoms with E-state index in [1.165, 1.54) is 37.1 Å². The molecule has 1 aliphatic heterocycles. The van der Waals surface area contributed by atoms with Gasteiger partial charge in [0.2, 0.25) is 5.91 Å². The summed E-state index contributed by atoms with van der Waals surface area (Å²) in [4.78, 5) is 29.8. The summed E-state index contributed by atoms with van der Waals surface area (Å²) in [5.41, 5.74) is 0.657. The van der Waals surface area contributed by atoms with Crippen LogP contribution in [0, 0.1) is 34.5 Å². The number of unbranched alkanes of at least 4 members (excludes halogenated alkanes) is 3. The highest BCUT2D eigenvalue weighted by molar-refractivity contribution is 5.81. The van der Waals surface area contributed by atoms with Crippen molar-refractivity contribution in [3.05, 3.63) is 59.7 Å². The van der Waals surface area contributed by atoms with Gasteiger partial charge in [0.1, 0.15) is 17.3 Å². The van der Waals surface area contributed by atoms with Gasteiger partial charge in [-0.1, -0.05) is 64.3 Å². The maximum Gasteiger partial charge on any atom is 0.573 e. The summed E-state index contributed by atoms with van der Waals surface area (Å²) >= 11 is 0. The van der Waals surface area contributed by atoms with Crippen LogP contribution >= 0.6 is 0 Å². The number of likely N-dealkylation sites (tertiary alicyclic amines) is 1. The van der Waals surface area contributed by atoms with Crippen molar-refractivity contribution in [3.8, 4) is 11.5 Å². The van der Waals surface area contributed by atoms with Gasteiger partial charge in [-0.25, -0.2) is 0 Å². The summed E-state index contributed by atoms with van der Waals surface area (Å²) < 4.78 is 85.3. The fourth-order valence-electron chi connectivity index (χ4n) is 10.6. The standard InChI is InChI=1S/C40H50F6N2O4/c1-4-5-6-7-22-48-24-30-31-16-17-33(37(31,2)21-19-32(30)38(3)20-18-27(49)23-34(38)48)36(50)47-35(25-8-12-28(13-9-25)51-39(41,42)43)26-10-14-29(15-11-26)52-40(44,45)46/h8-15,30-35H,4-7,16-24H2,1-3H3,(H,47,50)/t30?,31?,32?,33?,34?,37-,38+/m0/s1. The molecule has 3 aliphatic carbocycles. The first kappa shape index (κ1) is 38.4. The Hall–Kier alpha value is -3.28. The highest BCUT2D eigenvalue weighted by atomic mass is 19.4. The molecule has 7 atom stereocenters. The number of halogens is 6. The van der Waals surface area contributed by atoms with Crippen molar-refractivity contribution >= 4 is 11.7 Å². The van der Waals surface area contributed by atoms with Gasteiger partial charge in [0.05, 0.1) is 6.04 Å². The van der Waals surface area contributed by atoms with Crippen LogP contribution in [-0.4, -0.2) is 48.4 Å². The van der Waals surface area contributed by atoms with Gasteiger partial charge < -0.3 is 14.8 Å². The van der Waals surface area contributed by atoms with Crippen molar-refractivity contribution in [3.63, 3.8) is 0 Å². The number of benzene rings is 2. The van der Waals surface area contributed by atoms with Crippen molar-refractivity contribution in [2.45, 2.75) is 116 Å². The zero-order valence-electron chi connectivity index (χ0n) is 30.1. The average molecular weight is 737 g/mol. The molecule has 0 bridgehead atoms. The number of nitrogens with zero attached hydrogens (tertiary/aromatic N) is 1. The fourth-order valence-corrected chi connectivity index (χ4v) is 10.6. The summed E-state index contributed by atoms with van der Waals surface area (Å²) in [5, 5.41) is 3.15. The lowest BCUT2D eigenvalue weighted by Gasteiger charge is -2.63. The molecule has 1 N–H and O–H groups in total. The average Bonchev–Trinajstić information content (AvgIpc) is 3.43. The summed E-state index contributed by atoms with van der Waals surface area (Å²) in [7, 11) is 0. The van der Waals surface area contributed by atoms with Gasteiger partial charge in [-0.05, 0) is 109 Å². The highest BCUT2D eigenvalue weighted by Gasteiger charge is 2.62. The van der Waals surface area contributed by atoms with Crippen molar-refractivity contribution in [1.29, 1.82) is 0 Å². The normalized spacial score (nSPS) is 30.7. The molecule has 52 heavy (non-hydrogen) atoms. The lowest BCUT2D eigenvalue weighted by atomic mass is 9.48. The molecule has 4 fully saturated rings. The van der Waals surface area contributed by atoms with Crippen LogP contribution in [0.3, 0.4) is 0 Å². The number of ether oxygens (including phenoxy) is 2. The molecule has 2 aromatic carbocycles. The number of piperidine rings is 1. The van der Waals surface area contributed by atoms with Crippen LogP contribution in [0.15, 0.2) is 48.5 Å². The molecule has 12 heteroatoms. The molecule has 0 aromatic heterocycles. The Balaban J connectivity index is 1.24. The Morgan fingerprint density at radius 1 is 0.827 bits per heavy atom. The number of rotatable bonds is 11. The van der Waals surface area contributed by atoms with E-state index in [2.05, 4.69) is 40.5 Å². The minimum Gasteiger partial charge on any atom is -0.406 e. The third-order valence-electron chi connectivity index (χ3n) is 13.1. The first-order valence-corrected chi connectivity index (χ1v) is 18.8. The van der Waals surface area contributed by atoms with Crippen LogP contribution in [0.25, 0.3) is 0 Å². The number of carbonyl (C=O) groups is 2. The SMILES string of the molecule is CCCCCCN1CC2C3CCC(C(=O)NC(c4ccc(OC(F)(F)F)cc4)c4ccc(OC(F)(F)F)cc4)[C@@]3(C)CCC2[C@@]2(C)CCC(=O)CC12. The smallest absolute Gasteiger partial charge is 0.406 e. The van der Waals surface area contributed by atoms with Crippen LogP contribution in [0.5, 0.6) is 11.5 Å². The number of ketones is 1. The summed E-state index contributed by atoms with van der Waals surface area (Å²) in [6, 6.07) is 9.69. The predicted molar refractivity (Wildman–Crippen MR) is 183 cm³/mol. The summed E-state index contributed by atoms with van der Waals surface area (Å²) in [6.07, 6.45) is 0.451. The van der Waals surface area contributed by atoms with Crippen LogP contribution in [0.2, 0.25) is 0 Å². The maximum atomic E-state index is 14.4. The van der Waals surface area contributed by atoms with E-state index in [-0.39, 0.29) is 28.7 Å². The van der Waals surface area contributed by atoms with E-state index in [0.29, 0.717) is 53.9 Å². The minimum absolute atomic E-state index is 0.0400. The van der Waals surface area contributed by atoms with E-state index in [1.807, 2.05) is 0 Å². The Morgan fingerprint density at radius 2 is 1.40 bits per heavy atom. The number of nitrogens with one attached hydrogen (secondary N) is 1. The Kier molecular flexibility index (Phi) is 11.0. The largest absolute Gasteiger partial charge is 0.573 e. The molecule has 1 saturated heterocycles. The molecule has 6 nitrogen and oxygen atoms in total. The first-order valence-electron chi connectivity index (χ1n) is 18.8. The lowest BCUT2D eigenvalue weighted by molar-refractivity contribution is -0.275. The fraction of sp³-hybridized carbons (Fsp3) is 0.650.